The second-order valence-corrected chi connectivity index (χ2v) is 3.57. The molecule has 88 valence electrons. The maximum absolute atomic E-state index is 5.43. The number of unbranched alkanes of at least 4 members (excludes halogenated alkanes) is 1. The van der Waals surface area contributed by atoms with E-state index >= 15 is 0 Å². The van der Waals surface area contributed by atoms with Gasteiger partial charge >= 0.3 is 6.01 Å². The fraction of sp³-hybridized carbons (Fsp3) is 0.500. The molecule has 1 N–H and O–H groups in total. The zero-order chi connectivity index (χ0) is 11.8. The molecule has 0 fully saturated rings. The molecule has 1 aromatic heterocycles. The van der Waals surface area contributed by atoms with E-state index in [1.54, 1.807) is 0 Å². The van der Waals surface area contributed by atoms with Crippen LogP contribution in [0.4, 0.5) is 0 Å². The predicted molar refractivity (Wildman–Crippen MR) is 64.5 cm³/mol. The van der Waals surface area contributed by atoms with Crippen LogP contribution in [-0.2, 0) is 6.54 Å². The van der Waals surface area contributed by atoms with Gasteiger partial charge in [-0.05, 0) is 26.8 Å². The number of ether oxygens (including phenoxy) is 1. The number of allylic oxidation sites excluding steroid dienone is 1. The number of nitrogens with one attached hydrogen (secondary N) is 1. The average molecular weight is 221 g/mol. The van der Waals surface area contributed by atoms with Gasteiger partial charge in [0.05, 0.1) is 6.61 Å². The Morgan fingerprint density at radius 2 is 2.38 bits per heavy atom. The molecule has 4 nitrogen and oxygen atoms in total. The molecule has 0 unspecified atom stereocenters. The van der Waals surface area contributed by atoms with Gasteiger partial charge in [0.2, 0.25) is 0 Å². The molecule has 1 aromatic rings. The van der Waals surface area contributed by atoms with Crippen molar-refractivity contribution in [2.45, 2.75) is 26.3 Å². The van der Waals surface area contributed by atoms with E-state index in [0.29, 0.717) is 12.6 Å². The van der Waals surface area contributed by atoms with E-state index in [4.69, 9.17) is 4.74 Å². The molecule has 0 aromatic carbocycles. The topological polar surface area (TPSA) is 47.0 Å². The van der Waals surface area contributed by atoms with Crippen molar-refractivity contribution in [3.63, 3.8) is 0 Å². The average Bonchev–Trinajstić information content (AvgIpc) is 2.28. The maximum Gasteiger partial charge on any atom is 0.316 e. The van der Waals surface area contributed by atoms with E-state index < -0.39 is 0 Å². The van der Waals surface area contributed by atoms with Crippen LogP contribution in [0.25, 0.3) is 0 Å². The third-order valence-electron chi connectivity index (χ3n) is 2.21. The van der Waals surface area contributed by atoms with E-state index in [1.165, 1.54) is 0 Å². The van der Waals surface area contributed by atoms with Gasteiger partial charge in [0, 0.05) is 24.0 Å². The van der Waals surface area contributed by atoms with Crippen molar-refractivity contribution in [1.82, 2.24) is 15.3 Å². The summed E-state index contributed by atoms with van der Waals surface area (Å²) in [6.07, 6.45) is 5.59. The van der Waals surface area contributed by atoms with Crippen molar-refractivity contribution >= 4 is 0 Å². The fourth-order valence-corrected chi connectivity index (χ4v) is 1.30. The molecule has 1 rings (SSSR count). The molecule has 0 aliphatic rings. The van der Waals surface area contributed by atoms with Gasteiger partial charge in [0.1, 0.15) is 0 Å². The van der Waals surface area contributed by atoms with Crippen molar-refractivity contribution in [2.75, 3.05) is 13.7 Å². The summed E-state index contributed by atoms with van der Waals surface area (Å²) >= 11 is 0. The molecule has 0 radical (unpaired) electrons. The smallest absolute Gasteiger partial charge is 0.316 e. The highest BCUT2D eigenvalue weighted by molar-refractivity contribution is 5.17. The molecule has 4 heteroatoms. The van der Waals surface area contributed by atoms with Crippen molar-refractivity contribution in [3.05, 3.63) is 30.1 Å². The van der Waals surface area contributed by atoms with Crippen molar-refractivity contribution < 1.29 is 4.74 Å². The second kappa shape index (κ2) is 6.95. The van der Waals surface area contributed by atoms with E-state index in [9.17, 15) is 0 Å². The zero-order valence-electron chi connectivity index (χ0n) is 9.99. The number of rotatable bonds is 7. The van der Waals surface area contributed by atoms with Gasteiger partial charge in [-0.3, -0.25) is 0 Å². The number of nitrogens with zero attached hydrogens (tertiary/aromatic N) is 2. The Bertz CT molecular complexity index is 339. The SMILES string of the molecule is C=CCCCOc1ncc(CNC)c(C)n1. The lowest BCUT2D eigenvalue weighted by Crippen LogP contribution is -2.09. The monoisotopic (exact) mass is 221 g/mol. The Balaban J connectivity index is 2.49. The minimum atomic E-state index is 0.460. The standard InChI is InChI=1S/C12H19N3O/c1-4-5-6-7-16-12-14-9-11(8-13-3)10(2)15-12/h4,9,13H,1,5-8H2,2-3H3. The molecule has 0 bridgehead atoms. The lowest BCUT2D eigenvalue weighted by atomic mass is 10.2. The minimum Gasteiger partial charge on any atom is -0.463 e. The van der Waals surface area contributed by atoms with Gasteiger partial charge in [0.25, 0.3) is 0 Å². The van der Waals surface area contributed by atoms with Gasteiger partial charge < -0.3 is 10.1 Å². The van der Waals surface area contributed by atoms with Crippen LogP contribution in [0.5, 0.6) is 6.01 Å². The van der Waals surface area contributed by atoms with Crippen LogP contribution in [0, 0.1) is 6.92 Å². The van der Waals surface area contributed by atoms with Crippen LogP contribution >= 0.6 is 0 Å². The Morgan fingerprint density at radius 3 is 3.00 bits per heavy atom. The number of hydrogen-bond donors (Lipinski definition) is 1. The molecule has 1 heterocycles. The van der Waals surface area contributed by atoms with Crippen molar-refractivity contribution in [1.29, 1.82) is 0 Å². The summed E-state index contributed by atoms with van der Waals surface area (Å²) in [4.78, 5) is 8.45. The molecule has 0 aliphatic carbocycles. The minimum absolute atomic E-state index is 0.460. The first-order valence-electron chi connectivity index (χ1n) is 5.48. The normalized spacial score (nSPS) is 10.1. The number of aromatic nitrogens is 2. The van der Waals surface area contributed by atoms with Gasteiger partial charge in [0.15, 0.2) is 0 Å². The van der Waals surface area contributed by atoms with Gasteiger partial charge in [-0.2, -0.15) is 0 Å². The Labute approximate surface area is 96.8 Å². The van der Waals surface area contributed by atoms with Crippen LogP contribution in [0.3, 0.4) is 0 Å². The largest absolute Gasteiger partial charge is 0.463 e. The van der Waals surface area contributed by atoms with E-state index in [1.807, 2.05) is 26.2 Å². The highest BCUT2D eigenvalue weighted by Gasteiger charge is 2.02. The lowest BCUT2D eigenvalue weighted by molar-refractivity contribution is 0.286. The summed E-state index contributed by atoms with van der Waals surface area (Å²) < 4.78 is 5.43. The summed E-state index contributed by atoms with van der Waals surface area (Å²) in [6, 6.07) is 0.460. The van der Waals surface area contributed by atoms with Gasteiger partial charge in [-0.25, -0.2) is 9.97 Å². The second-order valence-electron chi connectivity index (χ2n) is 3.57. The molecule has 0 saturated carbocycles. The molecule has 0 spiro atoms. The summed E-state index contributed by atoms with van der Waals surface area (Å²) in [5.41, 5.74) is 2.06. The summed E-state index contributed by atoms with van der Waals surface area (Å²) in [7, 11) is 1.90. The summed E-state index contributed by atoms with van der Waals surface area (Å²) in [6.45, 7) is 7.04. The summed E-state index contributed by atoms with van der Waals surface area (Å²) in [5, 5.41) is 3.07. The van der Waals surface area contributed by atoms with E-state index in [-0.39, 0.29) is 0 Å². The first kappa shape index (κ1) is 12.6. The van der Waals surface area contributed by atoms with Crippen LogP contribution in [0.1, 0.15) is 24.1 Å². The predicted octanol–water partition coefficient (Wildman–Crippen LogP) is 1.85. The highest BCUT2D eigenvalue weighted by atomic mass is 16.5. The Kier molecular flexibility index (Phi) is 5.50. The Morgan fingerprint density at radius 1 is 1.56 bits per heavy atom. The third-order valence-corrected chi connectivity index (χ3v) is 2.21. The molecular weight excluding hydrogens is 202 g/mol. The molecule has 0 aliphatic heterocycles. The zero-order valence-corrected chi connectivity index (χ0v) is 9.99. The van der Waals surface area contributed by atoms with E-state index in [2.05, 4.69) is 21.9 Å². The van der Waals surface area contributed by atoms with Crippen LogP contribution in [0.2, 0.25) is 0 Å². The summed E-state index contributed by atoms with van der Waals surface area (Å²) in [5.74, 6) is 0. The van der Waals surface area contributed by atoms with Gasteiger partial charge in [-0.1, -0.05) is 6.08 Å². The fourth-order valence-electron chi connectivity index (χ4n) is 1.30. The van der Waals surface area contributed by atoms with Crippen LogP contribution < -0.4 is 10.1 Å². The first-order valence-corrected chi connectivity index (χ1v) is 5.48. The van der Waals surface area contributed by atoms with Gasteiger partial charge in [-0.15, -0.1) is 6.58 Å². The van der Waals surface area contributed by atoms with Crippen LogP contribution in [0.15, 0.2) is 18.9 Å². The number of hydrogen-bond acceptors (Lipinski definition) is 4. The number of aryl methyl sites for hydroxylation is 1. The van der Waals surface area contributed by atoms with E-state index in [0.717, 1.165) is 30.6 Å². The highest BCUT2D eigenvalue weighted by Crippen LogP contribution is 2.08. The maximum atomic E-state index is 5.43. The molecular formula is C12H19N3O. The van der Waals surface area contributed by atoms with Crippen molar-refractivity contribution in [2.24, 2.45) is 0 Å². The third kappa shape index (κ3) is 3.98. The molecule has 16 heavy (non-hydrogen) atoms. The quantitative estimate of drug-likeness (QED) is 0.564. The molecule has 0 saturated heterocycles. The van der Waals surface area contributed by atoms with Crippen molar-refractivity contribution in [3.8, 4) is 6.01 Å². The molecule has 0 atom stereocenters. The first-order chi connectivity index (χ1) is 7.77. The molecule has 0 amide bonds. The Hall–Kier alpha value is -1.42. The lowest BCUT2D eigenvalue weighted by Gasteiger charge is -2.07. The van der Waals surface area contributed by atoms with Crippen LogP contribution in [-0.4, -0.2) is 23.6 Å².